The summed E-state index contributed by atoms with van der Waals surface area (Å²) >= 11 is 0. The molecule has 98 heavy (non-hydrogen) atoms. The van der Waals surface area contributed by atoms with E-state index in [0.29, 0.717) is 104 Å². The minimum atomic E-state index is -4.06. The molecule has 5 aliphatic rings. The number of carbonyl (C=O) groups excluding carboxylic acids is 7. The summed E-state index contributed by atoms with van der Waals surface area (Å²) in [4.78, 5) is 95.8. The minimum Gasteiger partial charge on any atom is -0.508 e. The number of amides is 5. The number of fused-ring (bicyclic) bond motifs is 7. The lowest BCUT2D eigenvalue weighted by atomic mass is 9.49. The predicted octanol–water partition coefficient (Wildman–Crippen LogP) is 9.51. The van der Waals surface area contributed by atoms with Crippen molar-refractivity contribution in [3.05, 3.63) is 70.0 Å². The van der Waals surface area contributed by atoms with Crippen molar-refractivity contribution < 1.29 is 75.3 Å². The van der Waals surface area contributed by atoms with Crippen LogP contribution in [0.1, 0.15) is 217 Å². The van der Waals surface area contributed by atoms with Crippen LogP contribution in [0.4, 0.5) is 5.69 Å². The Morgan fingerprint density at radius 2 is 1.27 bits per heavy atom. The SMILES string of the molecule is CC(C)[C@H](NC(=O)[C@H](C)CCCCNC(=O)COC1CCCCCc2c1nnn2CCOCCOCCOCCOCCC(=O)CCCS(=O)(=O)O)C(=O)C[C@@H](C)C(=O)Nc1ccc2c(c1)[C@@]1(C)CCC[C@](C)(C(=O)NC(=O)[C@@]3(C)CCC[C@]4(C)c5cc(O)ccc5CC[C@@H]34)[C@@H]1CC2. The average Bonchev–Trinajstić information content (AvgIpc) is 0.836. The van der Waals surface area contributed by atoms with Crippen LogP contribution in [0, 0.1) is 40.4 Å². The van der Waals surface area contributed by atoms with Crippen molar-refractivity contribution in [1.82, 2.24) is 30.9 Å². The van der Waals surface area contributed by atoms with Crippen LogP contribution in [0.15, 0.2) is 36.4 Å². The van der Waals surface area contributed by atoms with Crippen LogP contribution in [0.3, 0.4) is 0 Å². The Balaban J connectivity index is 0.708. The van der Waals surface area contributed by atoms with Crippen molar-refractivity contribution in [3.63, 3.8) is 0 Å². The van der Waals surface area contributed by atoms with Crippen LogP contribution in [-0.2, 0) is 104 Å². The summed E-state index contributed by atoms with van der Waals surface area (Å²) < 4.78 is 60.6. The number of phenolic OH excluding ortho intramolecular Hbond substituents is 1. The van der Waals surface area contributed by atoms with Gasteiger partial charge in [-0.25, -0.2) is 4.68 Å². The first-order valence-corrected chi connectivity index (χ1v) is 37.8. The van der Waals surface area contributed by atoms with E-state index in [1.807, 2.05) is 63.6 Å². The van der Waals surface area contributed by atoms with Gasteiger partial charge in [0.2, 0.25) is 29.5 Å². The first-order valence-electron chi connectivity index (χ1n) is 36.2. The van der Waals surface area contributed by atoms with E-state index in [9.17, 15) is 47.1 Å². The summed E-state index contributed by atoms with van der Waals surface area (Å²) in [7, 11) is -4.06. The monoisotopic (exact) mass is 1390 g/mol. The Hall–Kier alpha value is -6.02. The number of nitrogens with one attached hydrogen (secondary N) is 4. The molecule has 8 rings (SSSR count). The highest BCUT2D eigenvalue weighted by Gasteiger charge is 2.58. The number of unbranched alkanes of at least 4 members (excludes halogenated alkanes) is 1. The van der Waals surface area contributed by atoms with Gasteiger partial charge in [-0.3, -0.25) is 43.4 Å². The number of ketones is 2. The molecule has 0 radical (unpaired) electrons. The first kappa shape index (κ1) is 77.7. The summed E-state index contributed by atoms with van der Waals surface area (Å²) in [6, 6.07) is 10.9. The highest BCUT2D eigenvalue weighted by molar-refractivity contribution is 7.85. The van der Waals surface area contributed by atoms with Crippen LogP contribution >= 0.6 is 0 Å². The number of imide groups is 1. The predicted molar refractivity (Wildman–Crippen MR) is 370 cm³/mol. The fraction of sp³-hybridized carbons (Fsp3) is 0.716. The van der Waals surface area contributed by atoms with Gasteiger partial charge in [-0.2, -0.15) is 8.42 Å². The Kier molecular flexibility index (Phi) is 28.2. The van der Waals surface area contributed by atoms with Gasteiger partial charge < -0.3 is 44.7 Å². The van der Waals surface area contributed by atoms with Gasteiger partial charge in [0.05, 0.1) is 87.7 Å². The number of aromatic hydroxyl groups is 1. The summed E-state index contributed by atoms with van der Waals surface area (Å²) in [5.74, 6) is -3.12. The third-order valence-corrected chi connectivity index (χ3v) is 23.1. The number of hydrogen-bond donors (Lipinski definition) is 6. The van der Waals surface area contributed by atoms with E-state index in [1.165, 1.54) is 11.1 Å². The van der Waals surface area contributed by atoms with E-state index in [-0.39, 0.29) is 115 Å². The minimum absolute atomic E-state index is 0.0158. The molecule has 3 aromatic rings. The van der Waals surface area contributed by atoms with Crippen molar-refractivity contribution >= 4 is 56.9 Å². The maximum atomic E-state index is 14.8. The van der Waals surface area contributed by atoms with Gasteiger partial charge in [0.25, 0.3) is 10.1 Å². The number of phenols is 1. The second-order valence-electron chi connectivity index (χ2n) is 29.8. The smallest absolute Gasteiger partial charge is 0.264 e. The Morgan fingerprint density at radius 3 is 1.89 bits per heavy atom. The molecule has 1 heterocycles. The molecule has 0 bridgehead atoms. The van der Waals surface area contributed by atoms with Crippen molar-refractivity contribution in [3.8, 4) is 5.75 Å². The largest absolute Gasteiger partial charge is 0.508 e. The van der Waals surface area contributed by atoms with E-state index >= 15 is 0 Å². The zero-order valence-corrected chi connectivity index (χ0v) is 60.2. The fourth-order valence-electron chi connectivity index (χ4n) is 16.6. The molecular weight excluding hydrogens is 1270 g/mol. The van der Waals surface area contributed by atoms with Gasteiger partial charge in [0, 0.05) is 43.3 Å². The zero-order chi connectivity index (χ0) is 70.8. The zero-order valence-electron chi connectivity index (χ0n) is 59.4. The molecule has 24 heteroatoms. The van der Waals surface area contributed by atoms with Gasteiger partial charge >= 0.3 is 0 Å². The number of carbonyl (C=O) groups is 7. The Labute approximate surface area is 580 Å². The molecule has 5 aliphatic carbocycles. The number of Topliss-reactive ketones (excluding diaryl/α,β-unsaturated/α-hetero) is 2. The van der Waals surface area contributed by atoms with Crippen molar-refractivity contribution in [2.75, 3.05) is 77.1 Å². The van der Waals surface area contributed by atoms with Crippen molar-refractivity contribution in [2.45, 2.75) is 226 Å². The maximum absolute atomic E-state index is 14.8. The lowest BCUT2D eigenvalue weighted by molar-refractivity contribution is -0.150. The molecule has 1 unspecified atom stereocenters. The molecule has 0 saturated heterocycles. The fourth-order valence-corrected chi connectivity index (χ4v) is 17.1. The molecule has 23 nitrogen and oxygen atoms in total. The van der Waals surface area contributed by atoms with Crippen LogP contribution in [0.25, 0.3) is 0 Å². The third kappa shape index (κ3) is 20.2. The standard InChI is InChI=1S/C74H111N7O16S/c1-49(2)65(77-67(86)50(3)17-12-13-34-75-64(85)48-97-61-20-11-9-10-19-59-66(61)79-80-81(59)35-37-94-39-41-96-43-42-95-40-38-93-36-29-55(82)18-14-44-98(90,91)92)60(84)45-51(4)68(87)76-54-25-21-52-23-27-62-71(5,57(52)46-54)30-15-32-73(62,7)69(88)78-70(89)74(8)33-16-31-72(6)58-47-56(83)26-22-53(58)24-28-63(72)74/h21-22,25-26,46-47,49-51,61-63,65,83H,9-20,23-24,27-45,48H2,1-8H3,(H,75,85)(H,76,87)(H,77,86)(H,78,88,89)(H,90,91,92)/t50-,51-,61?,62-,63-,65+,71-,72-,73+,74+/m1/s1. The van der Waals surface area contributed by atoms with Crippen LogP contribution in [0.2, 0.25) is 0 Å². The summed E-state index contributed by atoms with van der Waals surface area (Å²) in [6.07, 6.45) is 14.1. The van der Waals surface area contributed by atoms with Crippen molar-refractivity contribution in [2.24, 2.45) is 40.4 Å². The normalized spacial score (nSPS) is 24.6. The van der Waals surface area contributed by atoms with E-state index in [2.05, 4.69) is 51.5 Å². The molecule has 5 amide bonds. The Morgan fingerprint density at radius 1 is 0.663 bits per heavy atom. The quantitative estimate of drug-likeness (QED) is 0.0178. The molecule has 2 fully saturated rings. The lowest BCUT2D eigenvalue weighted by Crippen LogP contribution is -2.60. The molecule has 1 aromatic heterocycles. The lowest BCUT2D eigenvalue weighted by Gasteiger charge is -2.56. The van der Waals surface area contributed by atoms with E-state index in [0.717, 1.165) is 99.6 Å². The van der Waals surface area contributed by atoms with Gasteiger partial charge in [0.1, 0.15) is 29.9 Å². The van der Waals surface area contributed by atoms with Gasteiger partial charge in [-0.05, 0) is 165 Å². The van der Waals surface area contributed by atoms with Gasteiger partial charge in [-0.1, -0.05) is 105 Å². The third-order valence-electron chi connectivity index (χ3n) is 22.2. The Bertz CT molecular complexity index is 3360. The maximum Gasteiger partial charge on any atom is 0.264 e. The number of aryl methyl sites for hydroxylation is 2. The average molecular weight is 1390 g/mol. The molecule has 2 saturated carbocycles. The number of nitrogens with zero attached hydrogens (tertiary/aromatic N) is 3. The number of ether oxygens (including phenoxy) is 5. The van der Waals surface area contributed by atoms with E-state index in [4.69, 9.17) is 28.2 Å². The second kappa shape index (κ2) is 35.5. The first-order chi connectivity index (χ1) is 46.7. The molecule has 0 aliphatic heterocycles. The molecule has 2 aromatic carbocycles. The molecule has 544 valence electrons. The number of aromatic nitrogens is 3. The molecule has 10 atom stereocenters. The highest BCUT2D eigenvalue weighted by Crippen LogP contribution is 2.60. The number of rotatable bonds is 37. The summed E-state index contributed by atoms with van der Waals surface area (Å²) in [5, 5.41) is 31.5. The highest BCUT2D eigenvalue weighted by atomic mass is 32.2. The van der Waals surface area contributed by atoms with Crippen LogP contribution < -0.4 is 21.3 Å². The van der Waals surface area contributed by atoms with Crippen LogP contribution in [-0.4, -0.2) is 152 Å². The van der Waals surface area contributed by atoms with E-state index < -0.39 is 50.0 Å². The molecular formula is C74H111N7O16S. The molecule has 6 N–H and O–H groups in total. The number of benzene rings is 2. The molecule has 0 spiro atoms. The second-order valence-corrected chi connectivity index (χ2v) is 31.3. The van der Waals surface area contributed by atoms with Crippen LogP contribution in [0.5, 0.6) is 5.75 Å². The van der Waals surface area contributed by atoms with Gasteiger partial charge in [0.15, 0.2) is 5.78 Å². The van der Waals surface area contributed by atoms with Crippen molar-refractivity contribution in [1.29, 1.82) is 0 Å². The topological polar surface area (TPSA) is 319 Å². The van der Waals surface area contributed by atoms with Gasteiger partial charge in [-0.15, -0.1) is 5.10 Å². The number of anilines is 1. The summed E-state index contributed by atoms with van der Waals surface area (Å²) in [5.41, 5.74) is 4.70. The summed E-state index contributed by atoms with van der Waals surface area (Å²) in [6.45, 7) is 19.4. The van der Waals surface area contributed by atoms with E-state index in [1.54, 1.807) is 13.0 Å². The number of hydrogen-bond acceptors (Lipinski definition) is 17.